The quantitative estimate of drug-likeness (QED) is 0.894. The average Bonchev–Trinajstić information content (AvgIpc) is 2.46. The molecule has 1 unspecified atom stereocenters. The Morgan fingerprint density at radius 1 is 1.05 bits per heavy atom. The summed E-state index contributed by atoms with van der Waals surface area (Å²) < 4.78 is 0. The molecule has 0 spiro atoms. The van der Waals surface area contributed by atoms with Crippen LogP contribution in [0.5, 0.6) is 0 Å². The van der Waals surface area contributed by atoms with Crippen LogP contribution in [0.2, 0.25) is 0 Å². The first kappa shape index (κ1) is 14.8. The van der Waals surface area contributed by atoms with Crippen LogP contribution in [-0.4, -0.2) is 11.7 Å². The minimum absolute atomic E-state index is 0.0349. The van der Waals surface area contributed by atoms with Gasteiger partial charge >= 0.3 is 0 Å². The Bertz CT molecular complexity index is 572. The summed E-state index contributed by atoms with van der Waals surface area (Å²) in [5, 5.41) is 10.4. The molecule has 2 nitrogen and oxygen atoms in total. The Balaban J connectivity index is 2.26. The monoisotopic (exact) mass is 269 g/mol. The molecule has 2 rings (SSSR count). The fraction of sp³-hybridized carbons (Fsp3) is 0.333. The molecule has 0 aliphatic heterocycles. The fourth-order valence-corrected chi connectivity index (χ4v) is 2.27. The number of benzene rings is 2. The third-order valence-corrected chi connectivity index (χ3v) is 3.88. The Morgan fingerprint density at radius 3 is 2.25 bits per heavy atom. The summed E-state index contributed by atoms with van der Waals surface area (Å²) >= 11 is 0. The first-order valence-corrected chi connectivity index (χ1v) is 6.99. The minimum atomic E-state index is -0.579. The lowest BCUT2D eigenvalue weighted by Gasteiger charge is -2.23. The maximum atomic E-state index is 10.4. The zero-order valence-electron chi connectivity index (χ0n) is 12.4. The van der Waals surface area contributed by atoms with Gasteiger partial charge in [-0.3, -0.25) is 0 Å². The number of hydrogen-bond donors (Lipinski definition) is 2. The van der Waals surface area contributed by atoms with Gasteiger partial charge in [-0.25, -0.2) is 0 Å². The van der Waals surface area contributed by atoms with Gasteiger partial charge in [0, 0.05) is 12.0 Å². The van der Waals surface area contributed by atoms with Crippen molar-refractivity contribution in [2.45, 2.75) is 32.3 Å². The lowest BCUT2D eigenvalue weighted by Crippen LogP contribution is -2.28. The Morgan fingerprint density at radius 2 is 1.70 bits per heavy atom. The second kappa shape index (κ2) is 5.78. The highest BCUT2D eigenvalue weighted by molar-refractivity contribution is 5.35. The van der Waals surface area contributed by atoms with Crippen molar-refractivity contribution in [2.75, 3.05) is 6.54 Å². The van der Waals surface area contributed by atoms with Crippen molar-refractivity contribution >= 4 is 0 Å². The highest BCUT2D eigenvalue weighted by atomic mass is 16.3. The van der Waals surface area contributed by atoms with E-state index in [9.17, 15) is 5.11 Å². The van der Waals surface area contributed by atoms with E-state index in [0.717, 1.165) is 16.7 Å². The molecule has 3 N–H and O–H groups in total. The molecule has 0 fully saturated rings. The van der Waals surface area contributed by atoms with Gasteiger partial charge in [-0.05, 0) is 23.6 Å². The van der Waals surface area contributed by atoms with E-state index in [0.29, 0.717) is 6.54 Å². The lowest BCUT2D eigenvalue weighted by molar-refractivity contribution is 0.220. The highest BCUT2D eigenvalue weighted by Crippen LogP contribution is 2.26. The number of nitrogens with two attached hydrogens (primary N) is 1. The van der Waals surface area contributed by atoms with Gasteiger partial charge in [-0.2, -0.15) is 0 Å². The standard InChI is InChI=1S/C18H23NO/c1-13-5-4-6-15(11-13)17(20)14-7-9-16(10-8-14)18(2,3)12-19/h4-11,17,20H,12,19H2,1-3H3. The van der Waals surface area contributed by atoms with Crippen molar-refractivity contribution in [3.05, 3.63) is 70.8 Å². The second-order valence-electron chi connectivity index (χ2n) is 6.03. The highest BCUT2D eigenvalue weighted by Gasteiger charge is 2.19. The molecule has 0 saturated carbocycles. The summed E-state index contributed by atoms with van der Waals surface area (Å²) in [4.78, 5) is 0. The topological polar surface area (TPSA) is 46.2 Å². The second-order valence-corrected chi connectivity index (χ2v) is 6.03. The molecule has 0 saturated heterocycles. The SMILES string of the molecule is Cc1cccc(C(O)c2ccc(C(C)(C)CN)cc2)c1. The smallest absolute Gasteiger partial charge is 0.104 e. The number of rotatable bonds is 4. The van der Waals surface area contributed by atoms with Crippen LogP contribution in [0.1, 0.15) is 42.2 Å². The van der Waals surface area contributed by atoms with Crippen LogP contribution in [0.4, 0.5) is 0 Å². The molecule has 106 valence electrons. The first-order chi connectivity index (χ1) is 9.44. The third kappa shape index (κ3) is 3.09. The van der Waals surface area contributed by atoms with E-state index in [-0.39, 0.29) is 5.41 Å². The lowest BCUT2D eigenvalue weighted by atomic mass is 9.84. The molecule has 0 aliphatic carbocycles. The van der Waals surface area contributed by atoms with Crippen LogP contribution >= 0.6 is 0 Å². The van der Waals surface area contributed by atoms with Crippen molar-refractivity contribution < 1.29 is 5.11 Å². The van der Waals surface area contributed by atoms with Gasteiger partial charge < -0.3 is 10.8 Å². The van der Waals surface area contributed by atoms with E-state index in [1.807, 2.05) is 43.3 Å². The van der Waals surface area contributed by atoms with Crippen molar-refractivity contribution in [1.82, 2.24) is 0 Å². The van der Waals surface area contributed by atoms with Crippen molar-refractivity contribution in [2.24, 2.45) is 5.73 Å². The van der Waals surface area contributed by atoms with Crippen LogP contribution in [0.15, 0.2) is 48.5 Å². The van der Waals surface area contributed by atoms with E-state index in [1.165, 1.54) is 5.56 Å². The number of aryl methyl sites for hydroxylation is 1. The van der Waals surface area contributed by atoms with E-state index < -0.39 is 6.10 Å². The Kier molecular flexibility index (Phi) is 4.26. The number of hydrogen-bond acceptors (Lipinski definition) is 2. The zero-order valence-corrected chi connectivity index (χ0v) is 12.4. The van der Waals surface area contributed by atoms with E-state index in [1.54, 1.807) is 0 Å². The van der Waals surface area contributed by atoms with Crippen molar-refractivity contribution in [3.63, 3.8) is 0 Å². The maximum Gasteiger partial charge on any atom is 0.104 e. The molecule has 0 aliphatic rings. The van der Waals surface area contributed by atoms with E-state index in [2.05, 4.69) is 26.0 Å². The van der Waals surface area contributed by atoms with Gasteiger partial charge in [0.15, 0.2) is 0 Å². The van der Waals surface area contributed by atoms with Crippen LogP contribution in [0, 0.1) is 6.92 Å². The zero-order chi connectivity index (χ0) is 14.8. The van der Waals surface area contributed by atoms with Gasteiger partial charge in [0.2, 0.25) is 0 Å². The molecule has 1 atom stereocenters. The van der Waals surface area contributed by atoms with E-state index >= 15 is 0 Å². The van der Waals surface area contributed by atoms with Gasteiger partial charge in [-0.15, -0.1) is 0 Å². The molecule has 0 radical (unpaired) electrons. The van der Waals surface area contributed by atoms with Crippen molar-refractivity contribution in [3.8, 4) is 0 Å². The summed E-state index contributed by atoms with van der Waals surface area (Å²) in [6, 6.07) is 16.1. The molecule has 0 amide bonds. The minimum Gasteiger partial charge on any atom is -0.384 e. The summed E-state index contributed by atoms with van der Waals surface area (Å²) in [5.41, 5.74) is 9.95. The van der Waals surface area contributed by atoms with E-state index in [4.69, 9.17) is 5.73 Å². The Hall–Kier alpha value is -1.64. The normalized spacial score (nSPS) is 13.2. The number of aliphatic hydroxyl groups is 1. The van der Waals surface area contributed by atoms with Gasteiger partial charge in [0.05, 0.1) is 0 Å². The average molecular weight is 269 g/mol. The van der Waals surface area contributed by atoms with Gasteiger partial charge in [0.25, 0.3) is 0 Å². The van der Waals surface area contributed by atoms with Gasteiger partial charge in [0.1, 0.15) is 6.10 Å². The van der Waals surface area contributed by atoms with Crippen LogP contribution in [0.25, 0.3) is 0 Å². The molecule has 0 aromatic heterocycles. The molecule has 2 aromatic rings. The number of aliphatic hydroxyl groups excluding tert-OH is 1. The molecule has 0 heterocycles. The fourth-order valence-electron chi connectivity index (χ4n) is 2.27. The molecular formula is C18H23NO. The van der Waals surface area contributed by atoms with Crippen LogP contribution < -0.4 is 5.73 Å². The third-order valence-electron chi connectivity index (χ3n) is 3.88. The molecule has 20 heavy (non-hydrogen) atoms. The molecule has 2 heteroatoms. The molecular weight excluding hydrogens is 246 g/mol. The largest absolute Gasteiger partial charge is 0.384 e. The summed E-state index contributed by atoms with van der Waals surface area (Å²) in [5.74, 6) is 0. The van der Waals surface area contributed by atoms with Gasteiger partial charge in [-0.1, -0.05) is 67.9 Å². The van der Waals surface area contributed by atoms with Crippen molar-refractivity contribution in [1.29, 1.82) is 0 Å². The summed E-state index contributed by atoms with van der Waals surface area (Å²) in [6.45, 7) is 6.88. The molecule has 0 bridgehead atoms. The van der Waals surface area contributed by atoms with Crippen LogP contribution in [0.3, 0.4) is 0 Å². The summed E-state index contributed by atoms with van der Waals surface area (Å²) in [7, 11) is 0. The first-order valence-electron chi connectivity index (χ1n) is 6.99. The molecule has 2 aromatic carbocycles. The Labute approximate surface area is 121 Å². The predicted molar refractivity (Wildman–Crippen MR) is 83.8 cm³/mol. The maximum absolute atomic E-state index is 10.4. The summed E-state index contributed by atoms with van der Waals surface area (Å²) in [6.07, 6.45) is -0.579. The predicted octanol–water partition coefficient (Wildman–Crippen LogP) is 3.31. The van der Waals surface area contributed by atoms with Crippen LogP contribution in [-0.2, 0) is 5.41 Å².